The van der Waals surface area contributed by atoms with Gasteiger partial charge in [0, 0.05) is 4.47 Å². The Bertz CT molecular complexity index is 598. The van der Waals surface area contributed by atoms with Crippen molar-refractivity contribution in [2.75, 3.05) is 6.54 Å². The van der Waals surface area contributed by atoms with Gasteiger partial charge in [0.25, 0.3) is 0 Å². The highest BCUT2D eigenvalue weighted by Gasteiger charge is 2.20. The van der Waals surface area contributed by atoms with Crippen LogP contribution in [0.2, 0.25) is 0 Å². The Kier molecular flexibility index (Phi) is 4.88. The van der Waals surface area contributed by atoms with Gasteiger partial charge in [0.1, 0.15) is 0 Å². The first-order valence-electron chi connectivity index (χ1n) is 6.00. The third kappa shape index (κ3) is 4.56. The Morgan fingerprint density at radius 1 is 1.48 bits per heavy atom. The molecule has 3 N–H and O–H groups in total. The molecule has 2 rings (SSSR count). The number of hydrazone groups is 2. The average Bonchev–Trinajstić information content (AvgIpc) is 2.45. The second-order valence-corrected chi connectivity index (χ2v) is 5.13. The molecule has 0 aromatic heterocycles. The Balaban J connectivity index is 1.83. The molecule has 110 valence electrons. The summed E-state index contributed by atoms with van der Waals surface area (Å²) in [6.45, 7) is 1.95. The zero-order valence-electron chi connectivity index (χ0n) is 11.1. The highest BCUT2D eigenvalue weighted by molar-refractivity contribution is 9.10. The van der Waals surface area contributed by atoms with Gasteiger partial charge in [-0.25, -0.2) is 30.9 Å². The lowest BCUT2D eigenvalue weighted by Crippen LogP contribution is -2.55. The molecule has 0 saturated carbocycles. The Morgan fingerprint density at radius 3 is 2.90 bits per heavy atom. The molecule has 0 spiro atoms. The van der Waals surface area contributed by atoms with Crippen LogP contribution in [-0.4, -0.2) is 35.5 Å². The van der Waals surface area contributed by atoms with Crippen LogP contribution < -0.4 is 16.3 Å². The van der Waals surface area contributed by atoms with E-state index in [1.807, 2.05) is 24.3 Å². The number of benzene rings is 1. The third-order valence-corrected chi connectivity index (χ3v) is 2.99. The molecule has 0 bridgehead atoms. The first kappa shape index (κ1) is 15.0. The maximum absolute atomic E-state index is 11.6. The van der Waals surface area contributed by atoms with Crippen LogP contribution in [0.25, 0.3) is 0 Å². The van der Waals surface area contributed by atoms with Gasteiger partial charge in [0.2, 0.25) is 0 Å². The van der Waals surface area contributed by atoms with Crippen LogP contribution in [0, 0.1) is 0 Å². The van der Waals surface area contributed by atoms with E-state index in [0.717, 1.165) is 15.0 Å². The maximum Gasteiger partial charge on any atom is 0.356 e. The van der Waals surface area contributed by atoms with E-state index < -0.39 is 12.1 Å². The second-order valence-electron chi connectivity index (χ2n) is 4.21. The highest BCUT2D eigenvalue weighted by atomic mass is 79.9. The lowest BCUT2D eigenvalue weighted by molar-refractivity contribution is 0.173. The number of amides is 4. The normalized spacial score (nSPS) is 14.7. The van der Waals surface area contributed by atoms with Crippen molar-refractivity contribution in [3.63, 3.8) is 0 Å². The molecular weight excluding hydrogens is 340 g/mol. The monoisotopic (exact) mass is 352 g/mol. The smallest absolute Gasteiger partial charge is 0.245 e. The predicted molar refractivity (Wildman–Crippen MR) is 81.8 cm³/mol. The van der Waals surface area contributed by atoms with E-state index in [1.165, 1.54) is 6.21 Å². The predicted octanol–water partition coefficient (Wildman–Crippen LogP) is 1.40. The van der Waals surface area contributed by atoms with Crippen molar-refractivity contribution < 1.29 is 9.59 Å². The molecule has 0 aliphatic carbocycles. The first-order chi connectivity index (χ1) is 10.0. The number of nitrogens with zero attached hydrogens (tertiary/aromatic N) is 3. The van der Waals surface area contributed by atoms with Gasteiger partial charge < -0.3 is 0 Å². The first-order valence-corrected chi connectivity index (χ1v) is 6.80. The van der Waals surface area contributed by atoms with E-state index in [9.17, 15) is 9.59 Å². The van der Waals surface area contributed by atoms with Gasteiger partial charge in [0.05, 0.1) is 18.5 Å². The van der Waals surface area contributed by atoms with Crippen molar-refractivity contribution in [3.05, 3.63) is 34.3 Å². The lowest BCUT2D eigenvalue weighted by Gasteiger charge is -2.25. The fourth-order valence-corrected chi connectivity index (χ4v) is 1.76. The van der Waals surface area contributed by atoms with Crippen molar-refractivity contribution in [1.82, 2.24) is 21.3 Å². The largest absolute Gasteiger partial charge is 0.356 e. The summed E-state index contributed by atoms with van der Waals surface area (Å²) in [6.07, 6.45) is 1.50. The van der Waals surface area contributed by atoms with Crippen molar-refractivity contribution in [2.24, 2.45) is 10.2 Å². The molecular formula is C12H13BrN6O2. The molecule has 0 saturated heterocycles. The van der Waals surface area contributed by atoms with Crippen LogP contribution in [0.4, 0.5) is 9.59 Å². The molecule has 8 nitrogen and oxygen atoms in total. The number of carbonyl (C=O) groups excluding carboxylic acids is 2. The van der Waals surface area contributed by atoms with Crippen LogP contribution in [-0.2, 0) is 0 Å². The van der Waals surface area contributed by atoms with E-state index >= 15 is 0 Å². The molecule has 0 radical (unpaired) electrons. The molecule has 9 heteroatoms. The summed E-state index contributed by atoms with van der Waals surface area (Å²) in [4.78, 5) is 23.0. The van der Waals surface area contributed by atoms with Crippen LogP contribution in [0.3, 0.4) is 0 Å². The number of hydrogen-bond acceptors (Lipinski definition) is 4. The summed E-state index contributed by atoms with van der Waals surface area (Å²) in [5, 5.41) is 8.64. The lowest BCUT2D eigenvalue weighted by atomic mass is 10.2. The van der Waals surface area contributed by atoms with E-state index in [2.05, 4.69) is 42.4 Å². The van der Waals surface area contributed by atoms with E-state index in [4.69, 9.17) is 0 Å². The van der Waals surface area contributed by atoms with Crippen molar-refractivity contribution in [1.29, 1.82) is 0 Å². The van der Waals surface area contributed by atoms with Crippen LogP contribution >= 0.6 is 15.9 Å². The molecule has 1 aromatic carbocycles. The number of carbonyl (C=O) groups is 2. The van der Waals surface area contributed by atoms with Crippen LogP contribution in [0.1, 0.15) is 12.5 Å². The third-order valence-electron chi connectivity index (χ3n) is 2.46. The Hall–Kier alpha value is -2.42. The van der Waals surface area contributed by atoms with Gasteiger partial charge in [-0.15, -0.1) is 0 Å². The van der Waals surface area contributed by atoms with Gasteiger partial charge in [0.15, 0.2) is 0 Å². The summed E-state index contributed by atoms with van der Waals surface area (Å²) < 4.78 is 0.957. The van der Waals surface area contributed by atoms with E-state index in [1.54, 1.807) is 6.92 Å². The Labute approximate surface area is 129 Å². The standard InChI is InChI=1S/C12H13BrN6O2/c1-8-7-19(12(21)17-15-8)18-11(20)16-14-6-9-2-4-10(13)5-3-9/h2-6H,7H2,1H3,(H,17,21)(H2,16,18,20)/b14-6+. The van der Waals surface area contributed by atoms with E-state index in [-0.39, 0.29) is 6.54 Å². The molecule has 1 heterocycles. The number of nitrogens with one attached hydrogen (secondary N) is 3. The SMILES string of the molecule is CC1=NNC(=O)N(NC(=O)N/N=C/c2ccc(Br)cc2)C1. The second kappa shape index (κ2) is 6.84. The molecule has 1 aromatic rings. The van der Waals surface area contributed by atoms with Gasteiger partial charge in [-0.05, 0) is 24.6 Å². The summed E-state index contributed by atoms with van der Waals surface area (Å²) in [5.41, 5.74) is 8.41. The molecule has 4 amide bonds. The van der Waals surface area contributed by atoms with Gasteiger partial charge in [-0.1, -0.05) is 28.1 Å². The fourth-order valence-electron chi connectivity index (χ4n) is 1.49. The number of rotatable bonds is 3. The van der Waals surface area contributed by atoms with Gasteiger partial charge >= 0.3 is 12.1 Å². The van der Waals surface area contributed by atoms with Gasteiger partial charge in [-0.3, -0.25) is 0 Å². The maximum atomic E-state index is 11.6. The minimum absolute atomic E-state index is 0.218. The van der Waals surface area contributed by atoms with Crippen molar-refractivity contribution >= 4 is 39.9 Å². The fraction of sp³-hybridized carbons (Fsp3) is 0.167. The number of hydrazine groups is 1. The molecule has 0 atom stereocenters. The Morgan fingerprint density at radius 2 is 2.19 bits per heavy atom. The minimum atomic E-state index is -0.617. The quantitative estimate of drug-likeness (QED) is 0.565. The highest BCUT2D eigenvalue weighted by Crippen LogP contribution is 2.08. The number of urea groups is 2. The van der Waals surface area contributed by atoms with Crippen molar-refractivity contribution in [2.45, 2.75) is 6.92 Å². The summed E-state index contributed by atoms with van der Waals surface area (Å²) >= 11 is 3.33. The topological polar surface area (TPSA) is 98.2 Å². The minimum Gasteiger partial charge on any atom is -0.245 e. The van der Waals surface area contributed by atoms with Crippen LogP contribution in [0.5, 0.6) is 0 Å². The summed E-state index contributed by atoms with van der Waals surface area (Å²) in [7, 11) is 0. The molecule has 1 aliphatic heterocycles. The summed E-state index contributed by atoms with van der Waals surface area (Å²) in [6, 6.07) is 6.28. The molecule has 21 heavy (non-hydrogen) atoms. The van der Waals surface area contributed by atoms with Gasteiger partial charge in [-0.2, -0.15) is 10.2 Å². The van der Waals surface area contributed by atoms with Crippen molar-refractivity contribution in [3.8, 4) is 0 Å². The zero-order chi connectivity index (χ0) is 15.2. The summed E-state index contributed by atoms with van der Waals surface area (Å²) in [5.74, 6) is 0. The molecule has 0 fully saturated rings. The average molecular weight is 353 g/mol. The van der Waals surface area contributed by atoms with Crippen LogP contribution in [0.15, 0.2) is 38.9 Å². The number of hydrogen-bond donors (Lipinski definition) is 3. The number of halogens is 1. The zero-order valence-corrected chi connectivity index (χ0v) is 12.7. The van der Waals surface area contributed by atoms with E-state index in [0.29, 0.717) is 5.71 Å². The molecule has 1 aliphatic rings. The molecule has 0 unspecified atom stereocenters.